The summed E-state index contributed by atoms with van der Waals surface area (Å²) in [6, 6.07) is 9.58. The van der Waals surface area contributed by atoms with Crippen LogP contribution in [0, 0.1) is 11.6 Å². The van der Waals surface area contributed by atoms with Gasteiger partial charge in [0, 0.05) is 5.56 Å². The molecule has 0 saturated heterocycles. The molecular formula is C15H12Br2F2O. The number of hydrogen-bond acceptors (Lipinski definition) is 1. The largest absolute Gasteiger partial charge is 0.494 e. The van der Waals surface area contributed by atoms with Gasteiger partial charge in [0.15, 0.2) is 0 Å². The predicted molar refractivity (Wildman–Crippen MR) is 82.4 cm³/mol. The van der Waals surface area contributed by atoms with E-state index in [9.17, 15) is 8.78 Å². The van der Waals surface area contributed by atoms with Gasteiger partial charge in [-0.2, -0.15) is 0 Å². The van der Waals surface area contributed by atoms with Crippen LogP contribution in [0.2, 0.25) is 0 Å². The molecular weight excluding hydrogens is 394 g/mol. The van der Waals surface area contributed by atoms with Gasteiger partial charge in [-0.15, -0.1) is 0 Å². The highest BCUT2D eigenvalue weighted by molar-refractivity contribution is 9.10. The van der Waals surface area contributed by atoms with E-state index in [4.69, 9.17) is 4.74 Å². The molecule has 0 aliphatic heterocycles. The van der Waals surface area contributed by atoms with Crippen molar-refractivity contribution in [3.05, 3.63) is 63.6 Å². The Bertz CT molecular complexity index is 600. The normalized spacial score (nSPS) is 12.2. The lowest BCUT2D eigenvalue weighted by molar-refractivity contribution is 0.340. The molecule has 0 fully saturated rings. The average Bonchev–Trinajstić information content (AvgIpc) is 2.43. The van der Waals surface area contributed by atoms with Gasteiger partial charge in [0.1, 0.15) is 17.4 Å². The molecule has 0 amide bonds. The van der Waals surface area contributed by atoms with E-state index >= 15 is 0 Å². The molecule has 0 bridgehead atoms. The minimum atomic E-state index is -0.489. The van der Waals surface area contributed by atoms with Crippen molar-refractivity contribution >= 4 is 31.9 Å². The third kappa shape index (κ3) is 3.38. The van der Waals surface area contributed by atoms with Crippen LogP contribution in [0.15, 0.2) is 40.9 Å². The lowest BCUT2D eigenvalue weighted by Gasteiger charge is -2.13. The zero-order valence-corrected chi connectivity index (χ0v) is 13.8. The van der Waals surface area contributed by atoms with E-state index in [0.717, 1.165) is 17.4 Å². The molecule has 0 N–H and O–H groups in total. The minimum absolute atomic E-state index is 0.116. The number of ether oxygens (including phenoxy) is 1. The molecule has 0 aliphatic carbocycles. The maximum atomic E-state index is 13.9. The minimum Gasteiger partial charge on any atom is -0.494 e. The average molecular weight is 406 g/mol. The Labute approximate surface area is 133 Å². The quantitative estimate of drug-likeness (QED) is 0.474. The van der Waals surface area contributed by atoms with Crippen molar-refractivity contribution in [2.75, 3.05) is 6.61 Å². The van der Waals surface area contributed by atoms with E-state index in [-0.39, 0.29) is 10.0 Å². The van der Waals surface area contributed by atoms with Crippen molar-refractivity contribution in [1.82, 2.24) is 0 Å². The first-order chi connectivity index (χ1) is 9.52. The Hall–Kier alpha value is -0.940. The molecule has 2 aromatic carbocycles. The summed E-state index contributed by atoms with van der Waals surface area (Å²) in [5, 5.41) is 0. The van der Waals surface area contributed by atoms with Crippen molar-refractivity contribution in [1.29, 1.82) is 0 Å². The second-order valence-electron chi connectivity index (χ2n) is 4.15. The van der Waals surface area contributed by atoms with Crippen molar-refractivity contribution in [3.63, 3.8) is 0 Å². The molecule has 0 spiro atoms. The summed E-state index contributed by atoms with van der Waals surface area (Å²) < 4.78 is 32.9. The van der Waals surface area contributed by atoms with Gasteiger partial charge in [-0.3, -0.25) is 0 Å². The first-order valence-electron chi connectivity index (χ1n) is 6.04. The molecule has 0 saturated carbocycles. The summed E-state index contributed by atoms with van der Waals surface area (Å²) in [5.74, 6) is -0.204. The van der Waals surface area contributed by atoms with Crippen molar-refractivity contribution in [2.45, 2.75) is 11.8 Å². The number of alkyl halides is 1. The fourth-order valence-electron chi connectivity index (χ4n) is 1.81. The van der Waals surface area contributed by atoms with Crippen molar-refractivity contribution < 1.29 is 13.5 Å². The van der Waals surface area contributed by atoms with Gasteiger partial charge in [-0.25, -0.2) is 8.78 Å². The molecule has 106 valence electrons. The van der Waals surface area contributed by atoms with Crippen molar-refractivity contribution in [2.24, 2.45) is 0 Å². The van der Waals surface area contributed by atoms with Crippen LogP contribution in [-0.4, -0.2) is 6.61 Å². The monoisotopic (exact) mass is 404 g/mol. The van der Waals surface area contributed by atoms with E-state index < -0.39 is 16.5 Å². The van der Waals surface area contributed by atoms with Crippen LogP contribution in [0.4, 0.5) is 8.78 Å². The molecule has 1 unspecified atom stereocenters. The second-order valence-corrected chi connectivity index (χ2v) is 5.92. The van der Waals surface area contributed by atoms with Crippen LogP contribution >= 0.6 is 31.9 Å². The standard InChI is InChI=1S/C15H12Br2F2O/c1-2-20-10-5-3-9(4-6-10)15(17)11-7-14(19)12(16)8-13(11)18/h3-8,15H,2H2,1H3. The number of benzene rings is 2. The molecule has 1 atom stereocenters. The Morgan fingerprint density at radius 2 is 1.75 bits per heavy atom. The number of rotatable bonds is 4. The van der Waals surface area contributed by atoms with Crippen LogP contribution in [0.1, 0.15) is 22.9 Å². The first-order valence-corrected chi connectivity index (χ1v) is 7.75. The highest BCUT2D eigenvalue weighted by Crippen LogP contribution is 2.35. The third-order valence-corrected chi connectivity index (χ3v) is 4.43. The lowest BCUT2D eigenvalue weighted by atomic mass is 10.0. The SMILES string of the molecule is CCOc1ccc(C(Br)c2cc(F)c(Br)cc2F)cc1. The number of hydrogen-bond donors (Lipinski definition) is 0. The summed E-state index contributed by atoms with van der Waals surface area (Å²) in [5.41, 5.74) is 1.09. The van der Waals surface area contributed by atoms with E-state index in [1.807, 2.05) is 19.1 Å². The van der Waals surface area contributed by atoms with Gasteiger partial charge in [-0.05, 0) is 52.7 Å². The summed E-state index contributed by atoms with van der Waals surface area (Å²) in [4.78, 5) is -0.416. The molecule has 1 nitrogen and oxygen atoms in total. The van der Waals surface area contributed by atoms with Crippen LogP contribution < -0.4 is 4.74 Å². The summed E-state index contributed by atoms with van der Waals surface area (Å²) in [6.07, 6.45) is 0. The van der Waals surface area contributed by atoms with Crippen LogP contribution in [0.25, 0.3) is 0 Å². The van der Waals surface area contributed by atoms with E-state index in [2.05, 4.69) is 31.9 Å². The van der Waals surface area contributed by atoms with Gasteiger partial charge in [-0.1, -0.05) is 28.1 Å². The Morgan fingerprint density at radius 3 is 2.35 bits per heavy atom. The van der Waals surface area contributed by atoms with Crippen molar-refractivity contribution in [3.8, 4) is 5.75 Å². The van der Waals surface area contributed by atoms with E-state index in [0.29, 0.717) is 6.61 Å². The highest BCUT2D eigenvalue weighted by atomic mass is 79.9. The summed E-state index contributed by atoms with van der Waals surface area (Å²) in [6.45, 7) is 2.49. The number of halogens is 4. The smallest absolute Gasteiger partial charge is 0.137 e. The summed E-state index contributed by atoms with van der Waals surface area (Å²) in [7, 11) is 0. The summed E-state index contributed by atoms with van der Waals surface area (Å²) >= 11 is 6.37. The Kier molecular flexibility index (Phi) is 5.16. The van der Waals surface area contributed by atoms with Gasteiger partial charge in [0.25, 0.3) is 0 Å². The van der Waals surface area contributed by atoms with Gasteiger partial charge in [0.05, 0.1) is 15.9 Å². The fraction of sp³-hybridized carbons (Fsp3) is 0.200. The predicted octanol–water partition coefficient (Wildman–Crippen LogP) is 5.61. The molecule has 0 aromatic heterocycles. The first kappa shape index (κ1) is 15.4. The zero-order chi connectivity index (χ0) is 14.7. The molecule has 0 aliphatic rings. The topological polar surface area (TPSA) is 9.23 Å². The molecule has 5 heteroatoms. The fourth-order valence-corrected chi connectivity index (χ4v) is 2.78. The molecule has 0 radical (unpaired) electrons. The second kappa shape index (κ2) is 6.68. The Balaban J connectivity index is 2.31. The van der Waals surface area contributed by atoms with Crippen LogP contribution in [0.5, 0.6) is 5.75 Å². The molecule has 0 heterocycles. The molecule has 2 aromatic rings. The molecule has 2 rings (SSSR count). The van der Waals surface area contributed by atoms with Crippen LogP contribution in [-0.2, 0) is 0 Å². The third-order valence-electron chi connectivity index (χ3n) is 2.80. The highest BCUT2D eigenvalue weighted by Gasteiger charge is 2.17. The van der Waals surface area contributed by atoms with Gasteiger partial charge < -0.3 is 4.74 Å². The van der Waals surface area contributed by atoms with Gasteiger partial charge in [0.2, 0.25) is 0 Å². The maximum absolute atomic E-state index is 13.9. The van der Waals surface area contributed by atoms with Gasteiger partial charge >= 0.3 is 0 Å². The van der Waals surface area contributed by atoms with E-state index in [1.165, 1.54) is 6.07 Å². The van der Waals surface area contributed by atoms with Crippen LogP contribution in [0.3, 0.4) is 0 Å². The maximum Gasteiger partial charge on any atom is 0.137 e. The lowest BCUT2D eigenvalue weighted by Crippen LogP contribution is -1.99. The zero-order valence-electron chi connectivity index (χ0n) is 10.7. The Morgan fingerprint density at radius 1 is 1.10 bits per heavy atom. The molecule has 20 heavy (non-hydrogen) atoms. The van der Waals surface area contributed by atoms with E-state index in [1.54, 1.807) is 12.1 Å².